The second-order valence-electron chi connectivity index (χ2n) is 14.1. The second kappa shape index (κ2) is 14.4. The lowest BCUT2D eigenvalue weighted by molar-refractivity contribution is 0.670. The van der Waals surface area contributed by atoms with Crippen molar-refractivity contribution in [3.05, 3.63) is 224 Å². The van der Waals surface area contributed by atoms with Gasteiger partial charge in [0.25, 0.3) is 0 Å². The first kappa shape index (κ1) is 33.2. The van der Waals surface area contributed by atoms with Crippen LogP contribution < -0.4 is 4.90 Å². The predicted octanol–water partition coefficient (Wildman–Crippen LogP) is 15.4. The molecule has 0 N–H and O–H groups in total. The highest BCUT2D eigenvalue weighted by molar-refractivity contribution is 6.09. The van der Waals surface area contributed by atoms with Crippen molar-refractivity contribution in [2.75, 3.05) is 4.90 Å². The molecule has 10 aromatic rings. The first-order chi connectivity index (χ1) is 27.8. The fourth-order valence-corrected chi connectivity index (χ4v) is 7.94. The molecular weight excluding hydrogens is 679 g/mol. The van der Waals surface area contributed by atoms with Gasteiger partial charge in [-0.3, -0.25) is 0 Å². The first-order valence-corrected chi connectivity index (χ1v) is 19.1. The average Bonchev–Trinajstić information content (AvgIpc) is 3.67. The van der Waals surface area contributed by atoms with E-state index in [4.69, 9.17) is 4.42 Å². The van der Waals surface area contributed by atoms with Gasteiger partial charge in [-0.05, 0) is 98.6 Å². The molecule has 10 rings (SSSR count). The van der Waals surface area contributed by atoms with E-state index in [0.29, 0.717) is 0 Å². The minimum absolute atomic E-state index is 0.901. The van der Waals surface area contributed by atoms with Crippen molar-refractivity contribution in [2.24, 2.45) is 0 Å². The molecule has 1 aromatic heterocycles. The normalized spacial score (nSPS) is 11.2. The maximum Gasteiger partial charge on any atom is 0.143 e. The van der Waals surface area contributed by atoms with Crippen LogP contribution in [0.25, 0.3) is 77.6 Å². The Bertz CT molecular complexity index is 2870. The van der Waals surface area contributed by atoms with Gasteiger partial charge in [0.15, 0.2) is 0 Å². The van der Waals surface area contributed by atoms with Crippen molar-refractivity contribution >= 4 is 39.0 Å². The van der Waals surface area contributed by atoms with E-state index in [1.807, 2.05) is 12.1 Å². The Morgan fingerprint density at radius 3 is 1.39 bits per heavy atom. The molecule has 0 aliphatic rings. The molecule has 0 amide bonds. The van der Waals surface area contributed by atoms with Crippen LogP contribution in [0, 0.1) is 0 Å². The largest absolute Gasteiger partial charge is 0.455 e. The zero-order valence-corrected chi connectivity index (χ0v) is 30.7. The summed E-state index contributed by atoms with van der Waals surface area (Å²) in [6, 6.07) is 80.2. The van der Waals surface area contributed by atoms with E-state index in [9.17, 15) is 0 Å². The average molecular weight is 716 g/mol. The molecule has 0 aliphatic heterocycles. The minimum atomic E-state index is 0.901. The number of benzene rings is 9. The quantitative estimate of drug-likeness (QED) is 0.156. The van der Waals surface area contributed by atoms with Crippen molar-refractivity contribution in [3.8, 4) is 55.6 Å². The first-order valence-electron chi connectivity index (χ1n) is 19.1. The summed E-state index contributed by atoms with van der Waals surface area (Å²) in [4.78, 5) is 2.39. The SMILES string of the molecule is c1ccc(-c2cc(-c3ccccc3)cc(N(c3ccc(-c4cccc5c4oc4ccccc45)cc3)c3ccc(-c4ccccc4)c(-c4ccccc4)c3)c2)cc1. The van der Waals surface area contributed by atoms with Gasteiger partial charge < -0.3 is 9.32 Å². The Hall–Kier alpha value is -7.42. The van der Waals surface area contributed by atoms with Gasteiger partial charge in [-0.15, -0.1) is 0 Å². The van der Waals surface area contributed by atoms with Crippen molar-refractivity contribution < 1.29 is 4.42 Å². The molecule has 0 saturated carbocycles. The number of hydrogen-bond acceptors (Lipinski definition) is 2. The number of fused-ring (bicyclic) bond motifs is 3. The molecule has 9 aromatic carbocycles. The molecular formula is C54H37NO. The predicted molar refractivity (Wildman–Crippen MR) is 236 cm³/mol. The third-order valence-corrected chi connectivity index (χ3v) is 10.7. The summed E-state index contributed by atoms with van der Waals surface area (Å²) in [5.41, 5.74) is 16.6. The van der Waals surface area contributed by atoms with Gasteiger partial charge in [0.05, 0.1) is 0 Å². The van der Waals surface area contributed by atoms with Gasteiger partial charge in [-0.2, -0.15) is 0 Å². The standard InChI is InChI=1S/C54H37NO/c1-5-16-38(17-6-1)43-34-44(39-18-7-2-8-19-39)36-47(35-43)55(46-32-33-48(40-20-9-3-10-21-40)52(37-46)41-22-11-4-12-23-41)45-30-28-42(29-31-45)49-25-15-26-51-50-24-13-14-27-53(50)56-54(49)51/h1-37H. The van der Waals surface area contributed by atoms with Gasteiger partial charge in [-0.1, -0.05) is 176 Å². The highest BCUT2D eigenvalue weighted by atomic mass is 16.3. The molecule has 0 atom stereocenters. The summed E-state index contributed by atoms with van der Waals surface area (Å²) in [6.07, 6.45) is 0. The van der Waals surface area contributed by atoms with E-state index >= 15 is 0 Å². The van der Waals surface area contributed by atoms with E-state index in [1.54, 1.807) is 0 Å². The molecule has 0 unspecified atom stereocenters. The number of rotatable bonds is 8. The third-order valence-electron chi connectivity index (χ3n) is 10.7. The summed E-state index contributed by atoms with van der Waals surface area (Å²) >= 11 is 0. The van der Waals surface area contributed by atoms with Crippen LogP contribution in [0.1, 0.15) is 0 Å². The van der Waals surface area contributed by atoms with E-state index < -0.39 is 0 Å². The van der Waals surface area contributed by atoms with Gasteiger partial charge in [0.2, 0.25) is 0 Å². The summed E-state index contributed by atoms with van der Waals surface area (Å²) < 4.78 is 6.46. The minimum Gasteiger partial charge on any atom is -0.455 e. The fourth-order valence-electron chi connectivity index (χ4n) is 7.94. The number of hydrogen-bond donors (Lipinski definition) is 0. The topological polar surface area (TPSA) is 16.4 Å². The Labute approximate surface area is 327 Å². The van der Waals surface area contributed by atoms with Crippen LogP contribution in [0.2, 0.25) is 0 Å². The van der Waals surface area contributed by atoms with Crippen molar-refractivity contribution in [1.29, 1.82) is 0 Å². The highest BCUT2D eigenvalue weighted by Gasteiger charge is 2.19. The monoisotopic (exact) mass is 715 g/mol. The molecule has 0 aliphatic carbocycles. The van der Waals surface area contributed by atoms with Gasteiger partial charge in [0.1, 0.15) is 11.2 Å². The lowest BCUT2D eigenvalue weighted by Gasteiger charge is -2.28. The summed E-state index contributed by atoms with van der Waals surface area (Å²) in [5.74, 6) is 0. The van der Waals surface area contributed by atoms with Gasteiger partial charge in [0, 0.05) is 33.4 Å². The molecule has 0 radical (unpaired) electrons. The van der Waals surface area contributed by atoms with E-state index in [2.05, 4.69) is 217 Å². The van der Waals surface area contributed by atoms with Crippen molar-refractivity contribution in [3.63, 3.8) is 0 Å². The lowest BCUT2D eigenvalue weighted by Crippen LogP contribution is -2.11. The van der Waals surface area contributed by atoms with Gasteiger partial charge >= 0.3 is 0 Å². The molecule has 1 heterocycles. The Balaban J connectivity index is 1.18. The van der Waals surface area contributed by atoms with Gasteiger partial charge in [-0.25, -0.2) is 0 Å². The van der Waals surface area contributed by atoms with Crippen LogP contribution in [-0.4, -0.2) is 0 Å². The Morgan fingerprint density at radius 1 is 0.268 bits per heavy atom. The smallest absolute Gasteiger partial charge is 0.143 e. The third kappa shape index (κ3) is 6.24. The molecule has 56 heavy (non-hydrogen) atoms. The van der Waals surface area contributed by atoms with Crippen LogP contribution >= 0.6 is 0 Å². The van der Waals surface area contributed by atoms with Crippen LogP contribution in [0.3, 0.4) is 0 Å². The van der Waals surface area contributed by atoms with Crippen molar-refractivity contribution in [1.82, 2.24) is 0 Å². The zero-order valence-electron chi connectivity index (χ0n) is 30.7. The number of para-hydroxylation sites is 2. The van der Waals surface area contributed by atoms with Crippen molar-refractivity contribution in [2.45, 2.75) is 0 Å². The summed E-state index contributed by atoms with van der Waals surface area (Å²) in [5, 5.41) is 2.26. The van der Waals surface area contributed by atoms with E-state index in [1.165, 1.54) is 33.4 Å². The number of anilines is 3. The lowest BCUT2D eigenvalue weighted by atomic mass is 9.93. The maximum absolute atomic E-state index is 6.46. The van der Waals surface area contributed by atoms with Crippen LogP contribution in [0.4, 0.5) is 17.1 Å². The highest BCUT2D eigenvalue weighted by Crippen LogP contribution is 2.44. The summed E-state index contributed by atoms with van der Waals surface area (Å²) in [6.45, 7) is 0. The number of nitrogens with zero attached hydrogens (tertiary/aromatic N) is 1. The van der Waals surface area contributed by atoms with Crippen LogP contribution in [0.15, 0.2) is 229 Å². The molecule has 0 bridgehead atoms. The Kier molecular flexibility index (Phi) is 8.55. The van der Waals surface area contributed by atoms with Crippen LogP contribution in [-0.2, 0) is 0 Å². The van der Waals surface area contributed by atoms with E-state index in [0.717, 1.165) is 61.3 Å². The molecule has 0 spiro atoms. The maximum atomic E-state index is 6.46. The zero-order chi connectivity index (χ0) is 37.3. The fraction of sp³-hybridized carbons (Fsp3) is 0. The number of furan rings is 1. The molecule has 0 saturated heterocycles. The molecule has 264 valence electrons. The Morgan fingerprint density at radius 2 is 0.768 bits per heavy atom. The summed E-state index contributed by atoms with van der Waals surface area (Å²) in [7, 11) is 0. The molecule has 0 fully saturated rings. The van der Waals surface area contributed by atoms with Crippen LogP contribution in [0.5, 0.6) is 0 Å². The van der Waals surface area contributed by atoms with E-state index in [-0.39, 0.29) is 0 Å². The molecule has 2 heteroatoms. The molecule has 2 nitrogen and oxygen atoms in total. The second-order valence-corrected chi connectivity index (χ2v) is 14.1.